The predicted octanol–water partition coefficient (Wildman–Crippen LogP) is 3.77. The van der Waals surface area contributed by atoms with Crippen LogP contribution in [-0.4, -0.2) is 6.54 Å². The molecule has 0 fully saturated rings. The van der Waals surface area contributed by atoms with E-state index in [2.05, 4.69) is 63.3 Å². The predicted molar refractivity (Wildman–Crippen MR) is 66.9 cm³/mol. The molecule has 1 aromatic rings. The molecule has 1 heteroatoms. The molecule has 0 amide bonds. The molecule has 0 aliphatic rings. The van der Waals surface area contributed by atoms with Crippen molar-refractivity contribution >= 4 is 0 Å². The van der Waals surface area contributed by atoms with Crippen LogP contribution in [0.2, 0.25) is 0 Å². The van der Waals surface area contributed by atoms with Crippen molar-refractivity contribution in [3.05, 3.63) is 35.9 Å². The minimum Gasteiger partial charge on any atom is -0.309 e. The highest BCUT2D eigenvalue weighted by molar-refractivity contribution is 5.20. The monoisotopic (exact) mass is 205 g/mol. The Morgan fingerprint density at radius 3 is 2.20 bits per heavy atom. The van der Waals surface area contributed by atoms with E-state index in [1.165, 1.54) is 12.0 Å². The van der Waals surface area contributed by atoms with E-state index in [0.29, 0.717) is 6.04 Å². The minimum atomic E-state index is 0.260. The van der Waals surface area contributed by atoms with E-state index in [1.807, 2.05) is 0 Å². The van der Waals surface area contributed by atoms with Gasteiger partial charge in [-0.3, -0.25) is 0 Å². The fourth-order valence-corrected chi connectivity index (χ4v) is 1.86. The van der Waals surface area contributed by atoms with Crippen molar-refractivity contribution in [3.63, 3.8) is 0 Å². The molecule has 1 atom stereocenters. The lowest BCUT2D eigenvalue weighted by molar-refractivity contribution is 0.273. The van der Waals surface area contributed by atoms with Crippen molar-refractivity contribution in [1.29, 1.82) is 0 Å². The van der Waals surface area contributed by atoms with Gasteiger partial charge in [-0.1, -0.05) is 58.0 Å². The van der Waals surface area contributed by atoms with E-state index in [-0.39, 0.29) is 5.41 Å². The van der Waals surface area contributed by atoms with Crippen molar-refractivity contribution in [2.45, 2.75) is 40.2 Å². The van der Waals surface area contributed by atoms with Gasteiger partial charge in [0.15, 0.2) is 0 Å². The highest BCUT2D eigenvalue weighted by atomic mass is 14.9. The molecule has 1 N–H and O–H groups in total. The van der Waals surface area contributed by atoms with Crippen LogP contribution >= 0.6 is 0 Å². The van der Waals surface area contributed by atoms with Crippen LogP contribution in [0, 0.1) is 5.41 Å². The highest BCUT2D eigenvalue weighted by Gasteiger charge is 2.24. The van der Waals surface area contributed by atoms with E-state index < -0.39 is 0 Å². The Balaban J connectivity index is 2.82. The number of rotatable bonds is 4. The van der Waals surface area contributed by atoms with Crippen LogP contribution < -0.4 is 5.32 Å². The van der Waals surface area contributed by atoms with Crippen molar-refractivity contribution in [2.24, 2.45) is 5.41 Å². The van der Waals surface area contributed by atoms with Crippen molar-refractivity contribution < 1.29 is 0 Å². The molecule has 0 bridgehead atoms. The molecule has 0 saturated carbocycles. The Labute approximate surface area is 93.9 Å². The summed E-state index contributed by atoms with van der Waals surface area (Å²) in [6, 6.07) is 11.2. The number of benzene rings is 1. The van der Waals surface area contributed by atoms with Crippen molar-refractivity contribution in [3.8, 4) is 0 Å². The van der Waals surface area contributed by atoms with Crippen LogP contribution in [0.1, 0.15) is 45.7 Å². The molecule has 0 aliphatic heterocycles. The van der Waals surface area contributed by atoms with Crippen LogP contribution in [-0.2, 0) is 0 Å². The SMILES string of the molecule is CCCNC(c1ccccc1)C(C)(C)C. The zero-order chi connectivity index (χ0) is 11.3. The lowest BCUT2D eigenvalue weighted by Crippen LogP contribution is -2.32. The molecular formula is C14H23N. The van der Waals surface area contributed by atoms with Crippen LogP contribution in [0.3, 0.4) is 0 Å². The fraction of sp³-hybridized carbons (Fsp3) is 0.571. The molecule has 84 valence electrons. The normalized spacial score (nSPS) is 13.9. The van der Waals surface area contributed by atoms with Crippen molar-refractivity contribution in [1.82, 2.24) is 5.32 Å². The molecule has 0 heterocycles. The van der Waals surface area contributed by atoms with Gasteiger partial charge in [-0.05, 0) is 23.9 Å². The molecule has 0 saturated heterocycles. The number of hydrogen-bond acceptors (Lipinski definition) is 1. The van der Waals surface area contributed by atoms with E-state index in [4.69, 9.17) is 0 Å². The molecule has 1 rings (SSSR count). The molecule has 1 aromatic carbocycles. The largest absolute Gasteiger partial charge is 0.309 e. The Hall–Kier alpha value is -0.820. The van der Waals surface area contributed by atoms with E-state index in [1.54, 1.807) is 0 Å². The van der Waals surface area contributed by atoms with Crippen LogP contribution in [0.4, 0.5) is 0 Å². The van der Waals surface area contributed by atoms with Gasteiger partial charge in [0.25, 0.3) is 0 Å². The van der Waals surface area contributed by atoms with E-state index in [9.17, 15) is 0 Å². The fourth-order valence-electron chi connectivity index (χ4n) is 1.86. The van der Waals surface area contributed by atoms with Gasteiger partial charge >= 0.3 is 0 Å². The molecule has 0 aromatic heterocycles. The molecule has 0 spiro atoms. The van der Waals surface area contributed by atoms with Gasteiger partial charge in [-0.2, -0.15) is 0 Å². The molecule has 1 nitrogen and oxygen atoms in total. The van der Waals surface area contributed by atoms with Gasteiger partial charge in [-0.15, -0.1) is 0 Å². The average Bonchev–Trinajstić information content (AvgIpc) is 2.18. The number of hydrogen-bond donors (Lipinski definition) is 1. The second-order valence-electron chi connectivity index (χ2n) is 5.16. The summed E-state index contributed by atoms with van der Waals surface area (Å²) in [4.78, 5) is 0. The summed E-state index contributed by atoms with van der Waals surface area (Å²) >= 11 is 0. The smallest absolute Gasteiger partial charge is 0.0369 e. The van der Waals surface area contributed by atoms with E-state index in [0.717, 1.165) is 6.54 Å². The summed E-state index contributed by atoms with van der Waals surface area (Å²) in [5, 5.41) is 3.63. The minimum absolute atomic E-state index is 0.260. The molecular weight excluding hydrogens is 182 g/mol. The second-order valence-corrected chi connectivity index (χ2v) is 5.16. The summed E-state index contributed by atoms with van der Waals surface area (Å²) in [6.45, 7) is 10.1. The zero-order valence-electron chi connectivity index (χ0n) is 10.4. The van der Waals surface area contributed by atoms with E-state index >= 15 is 0 Å². The Kier molecular flexibility index (Phi) is 4.34. The van der Waals surface area contributed by atoms with Gasteiger partial charge in [-0.25, -0.2) is 0 Å². The number of nitrogens with one attached hydrogen (secondary N) is 1. The van der Waals surface area contributed by atoms with Crippen LogP contribution in [0.5, 0.6) is 0 Å². The lowest BCUT2D eigenvalue weighted by atomic mass is 9.82. The van der Waals surface area contributed by atoms with Gasteiger partial charge < -0.3 is 5.32 Å². The maximum atomic E-state index is 3.63. The third-order valence-electron chi connectivity index (χ3n) is 2.60. The molecule has 0 radical (unpaired) electrons. The first-order valence-electron chi connectivity index (χ1n) is 5.84. The van der Waals surface area contributed by atoms with Gasteiger partial charge in [0, 0.05) is 6.04 Å². The molecule has 1 unspecified atom stereocenters. The van der Waals surface area contributed by atoms with Crippen molar-refractivity contribution in [2.75, 3.05) is 6.54 Å². The quantitative estimate of drug-likeness (QED) is 0.789. The summed E-state index contributed by atoms with van der Waals surface area (Å²) in [5.41, 5.74) is 1.65. The Morgan fingerprint density at radius 2 is 1.73 bits per heavy atom. The third kappa shape index (κ3) is 3.67. The standard InChI is InChI=1S/C14H23N/c1-5-11-15-13(14(2,3)4)12-9-7-6-8-10-12/h6-10,13,15H,5,11H2,1-4H3. The maximum Gasteiger partial charge on any atom is 0.0369 e. The summed E-state index contributed by atoms with van der Waals surface area (Å²) in [7, 11) is 0. The molecule has 15 heavy (non-hydrogen) atoms. The lowest BCUT2D eigenvalue weighted by Gasteiger charge is -2.32. The molecule has 0 aliphatic carbocycles. The second kappa shape index (κ2) is 5.32. The van der Waals surface area contributed by atoms with Gasteiger partial charge in [0.1, 0.15) is 0 Å². The Bertz CT molecular complexity index is 271. The maximum absolute atomic E-state index is 3.63. The first kappa shape index (κ1) is 12.3. The Morgan fingerprint density at radius 1 is 1.13 bits per heavy atom. The first-order valence-corrected chi connectivity index (χ1v) is 5.84. The third-order valence-corrected chi connectivity index (χ3v) is 2.60. The topological polar surface area (TPSA) is 12.0 Å². The summed E-state index contributed by atoms with van der Waals surface area (Å²) in [5.74, 6) is 0. The first-order chi connectivity index (χ1) is 7.05. The summed E-state index contributed by atoms with van der Waals surface area (Å²) in [6.07, 6.45) is 1.18. The highest BCUT2D eigenvalue weighted by Crippen LogP contribution is 2.32. The average molecular weight is 205 g/mol. The van der Waals surface area contributed by atoms with Crippen LogP contribution in [0.15, 0.2) is 30.3 Å². The zero-order valence-corrected chi connectivity index (χ0v) is 10.4. The summed E-state index contributed by atoms with van der Waals surface area (Å²) < 4.78 is 0. The van der Waals surface area contributed by atoms with Crippen LogP contribution in [0.25, 0.3) is 0 Å². The van der Waals surface area contributed by atoms with Gasteiger partial charge in [0.2, 0.25) is 0 Å². The van der Waals surface area contributed by atoms with Gasteiger partial charge in [0.05, 0.1) is 0 Å².